The predicted molar refractivity (Wildman–Crippen MR) is 70.1 cm³/mol. The van der Waals surface area contributed by atoms with Gasteiger partial charge in [-0.2, -0.15) is 5.26 Å². The van der Waals surface area contributed by atoms with Crippen molar-refractivity contribution >= 4 is 0 Å². The van der Waals surface area contributed by atoms with E-state index in [2.05, 4.69) is 16.3 Å². The summed E-state index contributed by atoms with van der Waals surface area (Å²) in [5.41, 5.74) is 1.28. The van der Waals surface area contributed by atoms with Gasteiger partial charge in [-0.3, -0.25) is 4.90 Å². The molecule has 0 aliphatic carbocycles. The average molecular weight is 263 g/mol. The highest BCUT2D eigenvalue weighted by molar-refractivity contribution is 5.37. The van der Waals surface area contributed by atoms with Crippen LogP contribution in [0.5, 0.6) is 0 Å². The van der Waals surface area contributed by atoms with Gasteiger partial charge in [-0.05, 0) is 30.8 Å². The molecule has 1 atom stereocenters. The van der Waals surface area contributed by atoms with E-state index in [0.717, 1.165) is 25.2 Å². The van der Waals surface area contributed by atoms with E-state index in [-0.39, 0.29) is 11.9 Å². The van der Waals surface area contributed by atoms with Crippen LogP contribution >= 0.6 is 0 Å². The van der Waals surface area contributed by atoms with Gasteiger partial charge in [0.1, 0.15) is 5.82 Å². The first-order valence-corrected chi connectivity index (χ1v) is 6.40. The maximum absolute atomic E-state index is 13.3. The van der Waals surface area contributed by atoms with E-state index in [4.69, 9.17) is 10.00 Å². The van der Waals surface area contributed by atoms with Crippen LogP contribution in [0.2, 0.25) is 0 Å². The molecule has 19 heavy (non-hydrogen) atoms. The summed E-state index contributed by atoms with van der Waals surface area (Å²) < 4.78 is 18.9. The zero-order valence-corrected chi connectivity index (χ0v) is 11.0. The van der Waals surface area contributed by atoms with Crippen molar-refractivity contribution in [2.45, 2.75) is 12.6 Å². The molecular weight excluding hydrogens is 245 g/mol. The molecule has 1 unspecified atom stereocenters. The van der Waals surface area contributed by atoms with Gasteiger partial charge in [-0.1, -0.05) is 0 Å². The zero-order valence-electron chi connectivity index (χ0n) is 11.0. The van der Waals surface area contributed by atoms with Crippen molar-refractivity contribution < 1.29 is 9.13 Å². The minimum Gasteiger partial charge on any atom is -0.374 e. The van der Waals surface area contributed by atoms with Crippen LogP contribution in [0.3, 0.4) is 0 Å². The minimum atomic E-state index is -0.297. The fraction of sp³-hybridized carbons (Fsp3) is 0.500. The second-order valence-corrected chi connectivity index (χ2v) is 4.70. The number of rotatable bonds is 4. The third-order valence-electron chi connectivity index (χ3n) is 3.24. The number of hydrogen-bond acceptors (Lipinski definition) is 4. The molecule has 1 aliphatic heterocycles. The molecule has 0 radical (unpaired) electrons. The Labute approximate surface area is 112 Å². The van der Waals surface area contributed by atoms with Crippen LogP contribution in [0.4, 0.5) is 4.39 Å². The van der Waals surface area contributed by atoms with Gasteiger partial charge in [0.15, 0.2) is 0 Å². The van der Waals surface area contributed by atoms with Gasteiger partial charge >= 0.3 is 0 Å². The molecule has 1 aliphatic rings. The van der Waals surface area contributed by atoms with Crippen molar-refractivity contribution in [3.8, 4) is 6.07 Å². The maximum Gasteiger partial charge on any atom is 0.123 e. The largest absolute Gasteiger partial charge is 0.374 e. The van der Waals surface area contributed by atoms with E-state index in [9.17, 15) is 4.39 Å². The van der Waals surface area contributed by atoms with Crippen LogP contribution in [0.15, 0.2) is 18.2 Å². The molecule has 1 aromatic rings. The quantitative estimate of drug-likeness (QED) is 0.884. The lowest BCUT2D eigenvalue weighted by molar-refractivity contribution is -0.0291. The first-order chi connectivity index (χ1) is 9.22. The Bertz CT molecular complexity index is 470. The standard InChI is InChI=1S/C14H18FN3O/c1-17-8-14-10-18(4-5-19-14)9-12-6-13(15)3-2-11(12)7-16/h2-3,6,14,17H,4-5,8-10H2,1H3. The number of benzene rings is 1. The van der Waals surface area contributed by atoms with E-state index in [1.54, 1.807) is 0 Å². The van der Waals surface area contributed by atoms with Crippen molar-refractivity contribution in [2.24, 2.45) is 0 Å². The lowest BCUT2D eigenvalue weighted by Gasteiger charge is -2.33. The highest BCUT2D eigenvalue weighted by Crippen LogP contribution is 2.15. The topological polar surface area (TPSA) is 48.3 Å². The Hall–Kier alpha value is -1.48. The summed E-state index contributed by atoms with van der Waals surface area (Å²) in [4.78, 5) is 2.20. The van der Waals surface area contributed by atoms with E-state index in [1.165, 1.54) is 18.2 Å². The smallest absolute Gasteiger partial charge is 0.123 e. The fourth-order valence-electron chi connectivity index (χ4n) is 2.32. The minimum absolute atomic E-state index is 0.151. The van der Waals surface area contributed by atoms with Gasteiger partial charge in [-0.25, -0.2) is 4.39 Å². The summed E-state index contributed by atoms with van der Waals surface area (Å²) in [5.74, 6) is -0.297. The molecule has 0 bridgehead atoms. The van der Waals surface area contributed by atoms with Crippen molar-refractivity contribution in [3.63, 3.8) is 0 Å². The lowest BCUT2D eigenvalue weighted by atomic mass is 10.1. The van der Waals surface area contributed by atoms with Crippen LogP contribution in [-0.4, -0.2) is 44.3 Å². The van der Waals surface area contributed by atoms with E-state index in [1.807, 2.05) is 7.05 Å². The second-order valence-electron chi connectivity index (χ2n) is 4.70. The summed E-state index contributed by atoms with van der Waals surface area (Å²) in [6.07, 6.45) is 0.151. The highest BCUT2D eigenvalue weighted by atomic mass is 19.1. The molecule has 4 nitrogen and oxygen atoms in total. The van der Waals surface area contributed by atoms with Crippen molar-refractivity contribution in [1.82, 2.24) is 10.2 Å². The Balaban J connectivity index is 2.04. The molecular formula is C14H18FN3O. The number of nitriles is 1. The number of nitrogens with one attached hydrogen (secondary N) is 1. The van der Waals surface area contributed by atoms with E-state index < -0.39 is 0 Å². The van der Waals surface area contributed by atoms with Crippen LogP contribution in [0.25, 0.3) is 0 Å². The Morgan fingerprint density at radius 1 is 1.58 bits per heavy atom. The summed E-state index contributed by atoms with van der Waals surface area (Å²) in [6.45, 7) is 3.66. The molecule has 5 heteroatoms. The van der Waals surface area contributed by atoms with Gasteiger partial charge in [-0.15, -0.1) is 0 Å². The van der Waals surface area contributed by atoms with E-state index in [0.29, 0.717) is 18.7 Å². The molecule has 0 spiro atoms. The monoisotopic (exact) mass is 263 g/mol. The number of morpholine rings is 1. The van der Waals surface area contributed by atoms with Crippen LogP contribution in [0, 0.1) is 17.1 Å². The summed E-state index contributed by atoms with van der Waals surface area (Å²) >= 11 is 0. The summed E-state index contributed by atoms with van der Waals surface area (Å²) in [7, 11) is 1.89. The molecule has 1 fully saturated rings. The number of ether oxygens (including phenoxy) is 1. The molecule has 102 valence electrons. The second kappa shape index (κ2) is 6.62. The third-order valence-corrected chi connectivity index (χ3v) is 3.24. The number of nitrogens with zero attached hydrogens (tertiary/aromatic N) is 2. The number of hydrogen-bond donors (Lipinski definition) is 1. The van der Waals surface area contributed by atoms with Gasteiger partial charge in [0, 0.05) is 26.2 Å². The molecule has 1 N–H and O–H groups in total. The van der Waals surface area contributed by atoms with Gasteiger partial charge in [0.2, 0.25) is 0 Å². The van der Waals surface area contributed by atoms with E-state index >= 15 is 0 Å². The third kappa shape index (κ3) is 3.74. The summed E-state index contributed by atoms with van der Waals surface area (Å²) in [6, 6.07) is 6.42. The molecule has 1 saturated heterocycles. The molecule has 2 rings (SSSR count). The van der Waals surface area contributed by atoms with Crippen molar-refractivity contribution in [3.05, 3.63) is 35.1 Å². The molecule has 1 heterocycles. The van der Waals surface area contributed by atoms with Crippen LogP contribution in [0.1, 0.15) is 11.1 Å². The van der Waals surface area contributed by atoms with Crippen LogP contribution in [-0.2, 0) is 11.3 Å². The molecule has 0 amide bonds. The van der Waals surface area contributed by atoms with Gasteiger partial charge < -0.3 is 10.1 Å². The van der Waals surface area contributed by atoms with Gasteiger partial charge in [0.05, 0.1) is 24.3 Å². The Morgan fingerprint density at radius 2 is 2.42 bits per heavy atom. The zero-order chi connectivity index (χ0) is 13.7. The van der Waals surface area contributed by atoms with Crippen molar-refractivity contribution in [2.75, 3.05) is 33.3 Å². The number of halogens is 1. The first kappa shape index (κ1) is 13.9. The van der Waals surface area contributed by atoms with Crippen molar-refractivity contribution in [1.29, 1.82) is 5.26 Å². The summed E-state index contributed by atoms with van der Waals surface area (Å²) in [5, 5.41) is 12.1. The maximum atomic E-state index is 13.3. The molecule has 1 aromatic carbocycles. The highest BCUT2D eigenvalue weighted by Gasteiger charge is 2.20. The van der Waals surface area contributed by atoms with Crippen LogP contribution < -0.4 is 5.32 Å². The van der Waals surface area contributed by atoms with Gasteiger partial charge in [0.25, 0.3) is 0 Å². The molecule has 0 saturated carbocycles. The Morgan fingerprint density at radius 3 is 3.16 bits per heavy atom. The fourth-order valence-corrected chi connectivity index (χ4v) is 2.32. The normalized spacial score (nSPS) is 20.2. The molecule has 0 aromatic heterocycles. The number of likely N-dealkylation sites (N-methyl/N-ethyl adjacent to an activating group) is 1. The SMILES string of the molecule is CNCC1CN(Cc2cc(F)ccc2C#N)CCO1. The lowest BCUT2D eigenvalue weighted by Crippen LogP contribution is -2.45. The first-order valence-electron chi connectivity index (χ1n) is 6.40. The predicted octanol–water partition coefficient (Wildman–Crippen LogP) is 1.12. The Kier molecular flexibility index (Phi) is 4.86. The average Bonchev–Trinajstić information content (AvgIpc) is 2.40.